The summed E-state index contributed by atoms with van der Waals surface area (Å²) in [5.74, 6) is 0.892. The van der Waals surface area contributed by atoms with E-state index in [0.29, 0.717) is 12.6 Å². The minimum absolute atomic E-state index is 0.121. The molecule has 2 aliphatic rings. The number of hydrogen-bond donors (Lipinski definition) is 0. The van der Waals surface area contributed by atoms with Crippen LogP contribution in [0.25, 0.3) is 0 Å². The quantitative estimate of drug-likeness (QED) is 0.821. The summed E-state index contributed by atoms with van der Waals surface area (Å²) in [4.78, 5) is 19.7. The molecule has 138 valence electrons. The first-order valence-corrected chi connectivity index (χ1v) is 9.62. The molecule has 5 nitrogen and oxygen atoms in total. The van der Waals surface area contributed by atoms with E-state index in [1.807, 2.05) is 36.1 Å². The van der Waals surface area contributed by atoms with Crippen LogP contribution in [0.4, 0.5) is 0 Å². The zero-order chi connectivity index (χ0) is 17.6. The lowest BCUT2D eigenvalue weighted by Gasteiger charge is -2.40. The smallest absolute Gasteiger partial charge is 0.254 e. The Bertz CT molecular complexity index is 570. The second-order valence-electron chi connectivity index (χ2n) is 7.18. The molecule has 0 unspecified atom stereocenters. The molecule has 0 bridgehead atoms. The lowest BCUT2D eigenvalue weighted by Crippen LogP contribution is -2.53. The highest BCUT2D eigenvalue weighted by molar-refractivity contribution is 5.94. The average Bonchev–Trinajstić information content (AvgIpc) is 2.64. The van der Waals surface area contributed by atoms with Crippen molar-refractivity contribution in [3.8, 4) is 5.75 Å². The van der Waals surface area contributed by atoms with Crippen LogP contribution in [0.2, 0.25) is 0 Å². The highest BCUT2D eigenvalue weighted by atomic mass is 16.5. The molecule has 2 heterocycles. The highest BCUT2D eigenvalue weighted by Crippen LogP contribution is 2.18. The maximum atomic E-state index is 12.7. The Morgan fingerprint density at radius 2 is 1.96 bits per heavy atom. The first kappa shape index (κ1) is 18.2. The third kappa shape index (κ3) is 4.73. The van der Waals surface area contributed by atoms with E-state index >= 15 is 0 Å². The Morgan fingerprint density at radius 1 is 1.16 bits per heavy atom. The monoisotopic (exact) mass is 345 g/mol. The summed E-state index contributed by atoms with van der Waals surface area (Å²) >= 11 is 0. The molecule has 1 aromatic rings. The van der Waals surface area contributed by atoms with Gasteiger partial charge in [-0.15, -0.1) is 0 Å². The predicted molar refractivity (Wildman–Crippen MR) is 100 cm³/mol. The zero-order valence-corrected chi connectivity index (χ0v) is 15.6. The number of likely N-dealkylation sites (N-methyl/N-ethyl adjacent to an activating group) is 1. The SMILES string of the molecule is CCOc1cccc(C(=O)N2CCN(C[C@@H]3CCCCN3C)CC2)c1. The summed E-state index contributed by atoms with van der Waals surface area (Å²) in [6.07, 6.45) is 3.99. The van der Waals surface area contributed by atoms with Crippen LogP contribution in [0, 0.1) is 0 Å². The van der Waals surface area contributed by atoms with Gasteiger partial charge < -0.3 is 14.5 Å². The zero-order valence-electron chi connectivity index (χ0n) is 15.6. The van der Waals surface area contributed by atoms with Gasteiger partial charge in [0, 0.05) is 44.3 Å². The average molecular weight is 345 g/mol. The Kier molecular flexibility index (Phi) is 6.32. The molecule has 3 rings (SSSR count). The van der Waals surface area contributed by atoms with Gasteiger partial charge in [0.2, 0.25) is 0 Å². The van der Waals surface area contributed by atoms with Gasteiger partial charge in [-0.25, -0.2) is 0 Å². The summed E-state index contributed by atoms with van der Waals surface area (Å²) in [5, 5.41) is 0. The van der Waals surface area contributed by atoms with Gasteiger partial charge in [0.25, 0.3) is 5.91 Å². The number of piperazine rings is 1. The minimum Gasteiger partial charge on any atom is -0.494 e. The van der Waals surface area contributed by atoms with E-state index in [1.165, 1.54) is 25.8 Å². The van der Waals surface area contributed by atoms with Crippen molar-refractivity contribution in [1.29, 1.82) is 0 Å². The minimum atomic E-state index is 0.121. The Morgan fingerprint density at radius 3 is 2.68 bits per heavy atom. The van der Waals surface area contributed by atoms with E-state index in [0.717, 1.165) is 44.0 Å². The number of likely N-dealkylation sites (tertiary alicyclic amines) is 1. The first-order valence-electron chi connectivity index (χ1n) is 9.62. The molecule has 25 heavy (non-hydrogen) atoms. The van der Waals surface area contributed by atoms with Gasteiger partial charge >= 0.3 is 0 Å². The van der Waals surface area contributed by atoms with E-state index in [2.05, 4.69) is 16.8 Å². The summed E-state index contributed by atoms with van der Waals surface area (Å²) in [7, 11) is 2.25. The van der Waals surface area contributed by atoms with Gasteiger partial charge in [-0.05, 0) is 51.6 Å². The largest absolute Gasteiger partial charge is 0.494 e. The van der Waals surface area contributed by atoms with Gasteiger partial charge in [0.05, 0.1) is 6.61 Å². The van der Waals surface area contributed by atoms with Crippen molar-refractivity contribution >= 4 is 5.91 Å². The van der Waals surface area contributed by atoms with Gasteiger partial charge in [-0.3, -0.25) is 9.69 Å². The third-order valence-electron chi connectivity index (χ3n) is 5.44. The number of amides is 1. The standard InChI is InChI=1S/C20H31N3O2/c1-3-25-19-9-6-7-17(15-19)20(24)23-13-11-22(12-14-23)16-18-8-4-5-10-21(18)2/h6-7,9,15,18H,3-5,8,10-14,16H2,1-2H3/t18-/m0/s1. The highest BCUT2D eigenvalue weighted by Gasteiger charge is 2.26. The number of rotatable bonds is 5. The second-order valence-corrected chi connectivity index (χ2v) is 7.18. The molecule has 2 fully saturated rings. The van der Waals surface area contributed by atoms with Crippen molar-refractivity contribution in [1.82, 2.24) is 14.7 Å². The van der Waals surface area contributed by atoms with Gasteiger partial charge in [0.1, 0.15) is 5.75 Å². The van der Waals surface area contributed by atoms with Gasteiger partial charge in [-0.2, -0.15) is 0 Å². The number of nitrogens with zero attached hydrogens (tertiary/aromatic N) is 3. The maximum absolute atomic E-state index is 12.7. The van der Waals surface area contributed by atoms with E-state index in [9.17, 15) is 4.79 Å². The van der Waals surface area contributed by atoms with Crippen LogP contribution < -0.4 is 4.74 Å². The fourth-order valence-electron chi connectivity index (χ4n) is 3.87. The third-order valence-corrected chi connectivity index (χ3v) is 5.44. The van der Waals surface area contributed by atoms with E-state index in [4.69, 9.17) is 4.74 Å². The molecule has 0 radical (unpaired) electrons. The second kappa shape index (κ2) is 8.68. The molecule has 1 aromatic carbocycles. The number of carbonyl (C=O) groups is 1. The molecule has 0 N–H and O–H groups in total. The summed E-state index contributed by atoms with van der Waals surface area (Å²) in [6, 6.07) is 8.22. The molecular weight excluding hydrogens is 314 g/mol. The van der Waals surface area contributed by atoms with Gasteiger partial charge in [0.15, 0.2) is 0 Å². The molecule has 0 spiro atoms. The normalized spacial score (nSPS) is 22.8. The van der Waals surface area contributed by atoms with E-state index in [-0.39, 0.29) is 5.91 Å². The number of carbonyl (C=O) groups excluding carboxylic acids is 1. The molecule has 0 saturated carbocycles. The van der Waals surface area contributed by atoms with E-state index < -0.39 is 0 Å². The molecule has 1 atom stereocenters. The van der Waals surface area contributed by atoms with Crippen LogP contribution in [0.5, 0.6) is 5.75 Å². The topological polar surface area (TPSA) is 36.0 Å². The van der Waals surface area contributed by atoms with Crippen LogP contribution in [0.1, 0.15) is 36.5 Å². The molecule has 5 heteroatoms. The first-order chi connectivity index (χ1) is 12.2. The van der Waals surface area contributed by atoms with Crippen LogP contribution in [0.3, 0.4) is 0 Å². The maximum Gasteiger partial charge on any atom is 0.254 e. The molecule has 2 aliphatic heterocycles. The van der Waals surface area contributed by atoms with Crippen molar-refractivity contribution in [3.63, 3.8) is 0 Å². The van der Waals surface area contributed by atoms with Gasteiger partial charge in [-0.1, -0.05) is 12.5 Å². The molecule has 0 aliphatic carbocycles. The molecule has 0 aromatic heterocycles. The number of piperidine rings is 1. The Balaban J connectivity index is 1.51. The van der Waals surface area contributed by atoms with Crippen molar-refractivity contribution in [2.75, 3.05) is 52.9 Å². The van der Waals surface area contributed by atoms with Crippen LogP contribution in [-0.4, -0.2) is 79.6 Å². The van der Waals surface area contributed by atoms with Crippen molar-refractivity contribution < 1.29 is 9.53 Å². The van der Waals surface area contributed by atoms with Crippen LogP contribution >= 0.6 is 0 Å². The van der Waals surface area contributed by atoms with Crippen molar-refractivity contribution in [2.24, 2.45) is 0 Å². The molecule has 2 saturated heterocycles. The number of ether oxygens (including phenoxy) is 1. The van der Waals surface area contributed by atoms with Crippen LogP contribution in [-0.2, 0) is 0 Å². The fourth-order valence-corrected chi connectivity index (χ4v) is 3.87. The molecular formula is C20H31N3O2. The Hall–Kier alpha value is -1.59. The summed E-state index contributed by atoms with van der Waals surface area (Å²) in [6.45, 7) is 8.51. The van der Waals surface area contributed by atoms with Crippen molar-refractivity contribution in [2.45, 2.75) is 32.2 Å². The fraction of sp³-hybridized carbons (Fsp3) is 0.650. The van der Waals surface area contributed by atoms with Crippen molar-refractivity contribution in [3.05, 3.63) is 29.8 Å². The number of hydrogen-bond acceptors (Lipinski definition) is 4. The van der Waals surface area contributed by atoms with Crippen LogP contribution in [0.15, 0.2) is 24.3 Å². The lowest BCUT2D eigenvalue weighted by molar-refractivity contribution is 0.0564. The molecule has 1 amide bonds. The lowest BCUT2D eigenvalue weighted by atomic mass is 10.0. The Labute approximate surface area is 151 Å². The summed E-state index contributed by atoms with van der Waals surface area (Å²) < 4.78 is 5.51. The van der Waals surface area contributed by atoms with E-state index in [1.54, 1.807) is 0 Å². The summed E-state index contributed by atoms with van der Waals surface area (Å²) in [5.41, 5.74) is 0.728. The predicted octanol–water partition coefficient (Wildman–Crippen LogP) is 2.33. The number of benzene rings is 1.